The molecule has 102 valence electrons. The third kappa shape index (κ3) is 2.58. The zero-order valence-corrected chi connectivity index (χ0v) is 10.9. The van der Waals surface area contributed by atoms with Crippen LogP contribution in [0.3, 0.4) is 0 Å². The maximum Gasteiger partial charge on any atom is 0.317 e. The van der Waals surface area contributed by atoms with E-state index >= 15 is 0 Å². The fraction of sp³-hybridized carbons (Fsp3) is 0.800. The highest BCUT2D eigenvalue weighted by molar-refractivity contribution is 7.91. The largest absolute Gasteiger partial charge is 0.481 e. The van der Waals surface area contributed by atoms with E-state index in [2.05, 4.69) is 5.32 Å². The highest BCUT2D eigenvalue weighted by Crippen LogP contribution is 2.24. The first-order chi connectivity index (χ1) is 8.21. The first-order valence-electron chi connectivity index (χ1n) is 5.71. The molecule has 0 saturated carbocycles. The number of sulfone groups is 1. The predicted octanol–water partition coefficient (Wildman–Crippen LogP) is -0.710. The normalized spacial score (nSPS) is 30.8. The number of likely N-dealkylation sites (tertiary alicyclic amines) is 1. The van der Waals surface area contributed by atoms with E-state index in [1.807, 2.05) is 0 Å². The number of carbonyl (C=O) groups is 2. The Morgan fingerprint density at radius 3 is 2.44 bits per heavy atom. The van der Waals surface area contributed by atoms with Gasteiger partial charge in [-0.05, 0) is 13.3 Å². The van der Waals surface area contributed by atoms with E-state index < -0.39 is 27.3 Å². The monoisotopic (exact) mass is 276 g/mol. The van der Waals surface area contributed by atoms with Crippen molar-refractivity contribution in [3.8, 4) is 0 Å². The Morgan fingerprint density at radius 2 is 2.00 bits per heavy atom. The highest BCUT2D eigenvalue weighted by atomic mass is 32.2. The molecule has 0 aromatic carbocycles. The molecule has 2 fully saturated rings. The van der Waals surface area contributed by atoms with Gasteiger partial charge in [-0.25, -0.2) is 13.2 Å². The second-order valence-electron chi connectivity index (χ2n) is 5.27. The van der Waals surface area contributed by atoms with Crippen LogP contribution < -0.4 is 5.32 Å². The van der Waals surface area contributed by atoms with E-state index in [1.54, 1.807) is 6.92 Å². The zero-order chi connectivity index (χ0) is 13.6. The van der Waals surface area contributed by atoms with E-state index in [1.165, 1.54) is 4.90 Å². The van der Waals surface area contributed by atoms with Gasteiger partial charge < -0.3 is 15.3 Å². The summed E-state index contributed by atoms with van der Waals surface area (Å²) in [5.41, 5.74) is -0.732. The van der Waals surface area contributed by atoms with Crippen LogP contribution in [0.5, 0.6) is 0 Å². The molecule has 18 heavy (non-hydrogen) atoms. The molecule has 2 aliphatic rings. The lowest BCUT2D eigenvalue weighted by molar-refractivity contribution is -0.146. The van der Waals surface area contributed by atoms with Gasteiger partial charge in [-0.3, -0.25) is 4.79 Å². The van der Waals surface area contributed by atoms with Crippen molar-refractivity contribution in [3.63, 3.8) is 0 Å². The summed E-state index contributed by atoms with van der Waals surface area (Å²) in [5.74, 6) is -1.38. The highest BCUT2D eigenvalue weighted by Gasteiger charge is 2.42. The number of rotatable bonds is 2. The second kappa shape index (κ2) is 4.11. The topological polar surface area (TPSA) is 104 Å². The Bertz CT molecular complexity index is 482. The smallest absolute Gasteiger partial charge is 0.317 e. The van der Waals surface area contributed by atoms with E-state index in [0.717, 1.165) is 0 Å². The lowest BCUT2D eigenvalue weighted by Crippen LogP contribution is -2.60. The lowest BCUT2D eigenvalue weighted by Gasteiger charge is -2.38. The fourth-order valence-corrected chi connectivity index (χ4v) is 4.34. The molecule has 2 N–H and O–H groups in total. The van der Waals surface area contributed by atoms with Gasteiger partial charge in [0.15, 0.2) is 9.84 Å². The SMILES string of the molecule is CC1(NC(=O)N2CC(C(=O)O)C2)CCS(=O)(=O)C1. The number of hydrogen-bond acceptors (Lipinski definition) is 4. The van der Waals surface area contributed by atoms with Crippen molar-refractivity contribution >= 4 is 21.8 Å². The molecule has 0 aromatic rings. The minimum atomic E-state index is -3.07. The summed E-state index contributed by atoms with van der Waals surface area (Å²) >= 11 is 0. The van der Waals surface area contributed by atoms with Crippen molar-refractivity contribution in [1.82, 2.24) is 10.2 Å². The van der Waals surface area contributed by atoms with Crippen LogP contribution in [0.2, 0.25) is 0 Å². The van der Waals surface area contributed by atoms with Gasteiger partial charge in [-0.2, -0.15) is 0 Å². The van der Waals surface area contributed by atoms with Gasteiger partial charge in [0, 0.05) is 13.1 Å². The number of carboxylic acids is 1. The number of carbonyl (C=O) groups excluding carboxylic acids is 1. The minimum Gasteiger partial charge on any atom is -0.481 e. The minimum absolute atomic E-state index is 0.0536. The molecule has 0 radical (unpaired) electrons. The summed E-state index contributed by atoms with van der Waals surface area (Å²) in [6.45, 7) is 2.07. The van der Waals surface area contributed by atoms with Crippen molar-refractivity contribution in [1.29, 1.82) is 0 Å². The van der Waals surface area contributed by atoms with Crippen LogP contribution in [0, 0.1) is 5.92 Å². The fourth-order valence-electron chi connectivity index (χ4n) is 2.25. The molecule has 7 nitrogen and oxygen atoms in total. The third-order valence-electron chi connectivity index (χ3n) is 3.43. The van der Waals surface area contributed by atoms with Crippen molar-refractivity contribution in [2.45, 2.75) is 18.9 Å². The van der Waals surface area contributed by atoms with Gasteiger partial charge >= 0.3 is 12.0 Å². The summed E-state index contributed by atoms with van der Waals surface area (Å²) < 4.78 is 22.8. The predicted molar refractivity (Wildman–Crippen MR) is 62.9 cm³/mol. The molecular weight excluding hydrogens is 260 g/mol. The second-order valence-corrected chi connectivity index (χ2v) is 7.46. The molecule has 0 spiro atoms. The van der Waals surface area contributed by atoms with Crippen LogP contribution in [-0.2, 0) is 14.6 Å². The van der Waals surface area contributed by atoms with Gasteiger partial charge in [0.05, 0.1) is 23.0 Å². The van der Waals surface area contributed by atoms with Crippen LogP contribution in [-0.4, -0.2) is 60.6 Å². The van der Waals surface area contributed by atoms with Crippen LogP contribution in [0.25, 0.3) is 0 Å². The molecule has 0 aromatic heterocycles. The number of aliphatic carboxylic acids is 1. The number of carboxylic acid groups (broad SMARTS) is 1. The van der Waals surface area contributed by atoms with Crippen molar-refractivity contribution in [3.05, 3.63) is 0 Å². The molecule has 1 unspecified atom stereocenters. The lowest BCUT2D eigenvalue weighted by atomic mass is 10.00. The Balaban J connectivity index is 1.88. The van der Waals surface area contributed by atoms with Crippen LogP contribution in [0.1, 0.15) is 13.3 Å². The molecule has 2 amide bonds. The van der Waals surface area contributed by atoms with Crippen molar-refractivity contribution in [2.75, 3.05) is 24.6 Å². The summed E-state index contributed by atoms with van der Waals surface area (Å²) in [6, 6.07) is -0.382. The quantitative estimate of drug-likeness (QED) is 0.693. The van der Waals surface area contributed by atoms with E-state index in [4.69, 9.17) is 5.11 Å². The van der Waals surface area contributed by atoms with Gasteiger partial charge in [0.2, 0.25) is 0 Å². The van der Waals surface area contributed by atoms with E-state index in [0.29, 0.717) is 6.42 Å². The van der Waals surface area contributed by atoms with Gasteiger partial charge in [-0.1, -0.05) is 0 Å². The Labute approximate surface area is 105 Å². The Hall–Kier alpha value is -1.31. The molecule has 2 heterocycles. The van der Waals surface area contributed by atoms with Gasteiger partial charge in [-0.15, -0.1) is 0 Å². The Kier molecular flexibility index (Phi) is 3.00. The van der Waals surface area contributed by atoms with Crippen molar-refractivity contribution < 1.29 is 23.1 Å². The summed E-state index contributed by atoms with van der Waals surface area (Å²) in [6.07, 6.45) is 0.400. The van der Waals surface area contributed by atoms with Gasteiger partial charge in [0.1, 0.15) is 0 Å². The number of nitrogens with one attached hydrogen (secondary N) is 1. The molecule has 0 aliphatic carbocycles. The molecule has 1 atom stereocenters. The number of urea groups is 1. The standard InChI is InChI=1S/C10H16N2O5S/c1-10(2-3-18(16,17)6-10)11-9(15)12-4-7(5-12)8(13)14/h7H,2-6H2,1H3,(H,11,15)(H,13,14). The van der Waals surface area contributed by atoms with Gasteiger partial charge in [0.25, 0.3) is 0 Å². The van der Waals surface area contributed by atoms with Crippen LogP contribution in [0.4, 0.5) is 4.79 Å². The van der Waals surface area contributed by atoms with E-state index in [9.17, 15) is 18.0 Å². The Morgan fingerprint density at radius 1 is 1.39 bits per heavy atom. The molecule has 8 heteroatoms. The molecule has 0 bridgehead atoms. The van der Waals surface area contributed by atoms with Crippen LogP contribution >= 0.6 is 0 Å². The maximum absolute atomic E-state index is 11.8. The maximum atomic E-state index is 11.8. The zero-order valence-electron chi connectivity index (χ0n) is 10.0. The first kappa shape index (κ1) is 13.1. The number of nitrogens with zero attached hydrogens (tertiary/aromatic N) is 1. The average Bonchev–Trinajstić information content (AvgIpc) is 2.36. The molecule has 2 aliphatic heterocycles. The first-order valence-corrected chi connectivity index (χ1v) is 7.53. The summed E-state index contributed by atoms with van der Waals surface area (Å²) in [5, 5.41) is 11.4. The summed E-state index contributed by atoms with van der Waals surface area (Å²) in [7, 11) is -3.07. The molecule has 2 rings (SSSR count). The van der Waals surface area contributed by atoms with E-state index in [-0.39, 0.29) is 30.6 Å². The average molecular weight is 276 g/mol. The van der Waals surface area contributed by atoms with Crippen LogP contribution in [0.15, 0.2) is 0 Å². The van der Waals surface area contributed by atoms with Crippen molar-refractivity contribution in [2.24, 2.45) is 5.92 Å². The number of amides is 2. The third-order valence-corrected chi connectivity index (χ3v) is 5.33. The summed E-state index contributed by atoms with van der Waals surface area (Å²) in [4.78, 5) is 23.8. The number of hydrogen-bond donors (Lipinski definition) is 2. The molecule has 2 saturated heterocycles. The molecular formula is C10H16N2O5S.